The van der Waals surface area contributed by atoms with Crippen molar-refractivity contribution in [2.75, 3.05) is 0 Å². The highest BCUT2D eigenvalue weighted by Crippen LogP contribution is 2.00. The highest BCUT2D eigenvalue weighted by atomic mass is 16.7. The number of ketones is 1. The van der Waals surface area contributed by atoms with Gasteiger partial charge in [0, 0.05) is 12.5 Å². The van der Waals surface area contributed by atoms with Gasteiger partial charge in [-0.25, -0.2) is 4.79 Å². The van der Waals surface area contributed by atoms with Gasteiger partial charge in [-0.3, -0.25) is 9.59 Å². The predicted molar refractivity (Wildman–Crippen MR) is 50.7 cm³/mol. The molecule has 78 valence electrons. The molecule has 1 rings (SSSR count). The van der Waals surface area contributed by atoms with Gasteiger partial charge < -0.3 is 4.84 Å². The number of carbonyl (C=O) groups is 3. The van der Waals surface area contributed by atoms with Crippen molar-refractivity contribution in [2.45, 2.75) is 6.92 Å². The lowest BCUT2D eigenvalue weighted by Crippen LogP contribution is -2.29. The summed E-state index contributed by atoms with van der Waals surface area (Å²) in [7, 11) is 0. The second-order valence-electron chi connectivity index (χ2n) is 2.74. The van der Waals surface area contributed by atoms with Crippen molar-refractivity contribution in [2.24, 2.45) is 0 Å². The summed E-state index contributed by atoms with van der Waals surface area (Å²) >= 11 is 0. The Morgan fingerprint density at radius 1 is 1.13 bits per heavy atom. The van der Waals surface area contributed by atoms with E-state index >= 15 is 0 Å². The zero-order valence-electron chi connectivity index (χ0n) is 8.02. The minimum atomic E-state index is -1.11. The molecule has 1 N–H and O–H groups in total. The van der Waals surface area contributed by atoms with Crippen molar-refractivity contribution in [3.05, 3.63) is 35.9 Å². The van der Waals surface area contributed by atoms with Gasteiger partial charge in [0.1, 0.15) is 0 Å². The molecule has 0 saturated heterocycles. The van der Waals surface area contributed by atoms with E-state index < -0.39 is 17.7 Å². The van der Waals surface area contributed by atoms with Crippen molar-refractivity contribution < 1.29 is 19.2 Å². The molecule has 1 aromatic rings. The van der Waals surface area contributed by atoms with Crippen LogP contribution in [0.2, 0.25) is 0 Å². The first kappa shape index (κ1) is 10.9. The minimum absolute atomic E-state index is 0.216. The number of amides is 1. The number of hydrogen-bond acceptors (Lipinski definition) is 4. The van der Waals surface area contributed by atoms with E-state index in [-0.39, 0.29) is 5.56 Å². The number of nitrogens with one attached hydrogen (secondary N) is 1. The molecule has 1 aromatic carbocycles. The Hall–Kier alpha value is -2.17. The molecular formula is C10H9NO4. The second kappa shape index (κ2) is 4.90. The van der Waals surface area contributed by atoms with Gasteiger partial charge >= 0.3 is 5.97 Å². The molecule has 0 atom stereocenters. The van der Waals surface area contributed by atoms with Crippen molar-refractivity contribution in [1.82, 2.24) is 5.48 Å². The smallest absolute Gasteiger partial charge is 0.332 e. The standard InChI is InChI=1S/C10H9NO4/c1-7(12)11-15-10(14)9(13)8-5-3-2-4-6-8/h2-6H,1H3,(H,11,12). The maximum atomic E-state index is 11.3. The Balaban J connectivity index is 2.62. The Labute approximate surface area is 86.0 Å². The molecule has 0 saturated carbocycles. The van der Waals surface area contributed by atoms with Crippen LogP contribution >= 0.6 is 0 Å². The van der Waals surface area contributed by atoms with Crippen molar-refractivity contribution in [1.29, 1.82) is 0 Å². The highest BCUT2D eigenvalue weighted by molar-refractivity contribution is 6.40. The van der Waals surface area contributed by atoms with E-state index in [0.717, 1.165) is 0 Å². The van der Waals surface area contributed by atoms with Gasteiger partial charge in [-0.2, -0.15) is 5.48 Å². The zero-order valence-corrected chi connectivity index (χ0v) is 8.02. The number of benzene rings is 1. The summed E-state index contributed by atoms with van der Waals surface area (Å²) < 4.78 is 0. The molecule has 0 radical (unpaired) electrons. The first-order valence-electron chi connectivity index (χ1n) is 4.18. The average Bonchev–Trinajstić information content (AvgIpc) is 2.26. The number of hydroxylamine groups is 1. The zero-order chi connectivity index (χ0) is 11.3. The van der Waals surface area contributed by atoms with Gasteiger partial charge in [-0.15, -0.1) is 0 Å². The first-order valence-corrected chi connectivity index (χ1v) is 4.18. The monoisotopic (exact) mass is 207 g/mol. The molecule has 15 heavy (non-hydrogen) atoms. The first-order chi connectivity index (χ1) is 7.11. The SMILES string of the molecule is CC(=O)NOC(=O)C(=O)c1ccccc1. The van der Waals surface area contributed by atoms with Crippen molar-refractivity contribution in [3.8, 4) is 0 Å². The number of rotatable bonds is 2. The molecule has 1 amide bonds. The summed E-state index contributed by atoms with van der Waals surface area (Å²) in [5, 5.41) is 0. The third kappa shape index (κ3) is 3.22. The molecule has 5 heteroatoms. The van der Waals surface area contributed by atoms with E-state index in [9.17, 15) is 14.4 Å². The van der Waals surface area contributed by atoms with Crippen LogP contribution in [-0.2, 0) is 14.4 Å². The summed E-state index contributed by atoms with van der Waals surface area (Å²) in [6, 6.07) is 7.93. The van der Waals surface area contributed by atoms with Crippen LogP contribution in [0.4, 0.5) is 0 Å². The molecule has 0 aliphatic carbocycles. The molecule has 0 spiro atoms. The summed E-state index contributed by atoms with van der Waals surface area (Å²) in [6.07, 6.45) is 0. The fraction of sp³-hybridized carbons (Fsp3) is 0.100. The van der Waals surface area contributed by atoms with Crippen LogP contribution in [-0.4, -0.2) is 17.7 Å². The summed E-state index contributed by atoms with van der Waals surface area (Å²) in [5.74, 6) is -2.47. The molecular weight excluding hydrogens is 198 g/mol. The van der Waals surface area contributed by atoms with Crippen LogP contribution in [0.15, 0.2) is 30.3 Å². The molecule has 0 fully saturated rings. The van der Waals surface area contributed by atoms with E-state index in [1.807, 2.05) is 0 Å². The summed E-state index contributed by atoms with van der Waals surface area (Å²) in [5.41, 5.74) is 2.00. The van der Waals surface area contributed by atoms with Gasteiger partial charge in [-0.05, 0) is 0 Å². The van der Waals surface area contributed by atoms with Crippen LogP contribution in [0.5, 0.6) is 0 Å². The lowest BCUT2D eigenvalue weighted by Gasteiger charge is -2.01. The molecule has 0 heterocycles. The summed E-state index contributed by atoms with van der Waals surface area (Å²) in [4.78, 5) is 37.0. The molecule has 0 unspecified atom stereocenters. The van der Waals surface area contributed by atoms with Crippen LogP contribution in [0.25, 0.3) is 0 Å². The minimum Gasteiger partial charge on any atom is -0.332 e. The highest BCUT2D eigenvalue weighted by Gasteiger charge is 2.18. The fourth-order valence-corrected chi connectivity index (χ4v) is 0.872. The number of hydrogen-bond donors (Lipinski definition) is 1. The van der Waals surface area contributed by atoms with Crippen LogP contribution in [0.1, 0.15) is 17.3 Å². The largest absolute Gasteiger partial charge is 0.403 e. The lowest BCUT2D eigenvalue weighted by molar-refractivity contribution is -0.152. The topological polar surface area (TPSA) is 72.5 Å². The third-order valence-electron chi connectivity index (χ3n) is 1.51. The van der Waals surface area contributed by atoms with Crippen molar-refractivity contribution >= 4 is 17.7 Å². The van der Waals surface area contributed by atoms with E-state index in [4.69, 9.17) is 0 Å². The Morgan fingerprint density at radius 2 is 1.73 bits per heavy atom. The third-order valence-corrected chi connectivity index (χ3v) is 1.51. The Kier molecular flexibility index (Phi) is 3.56. The normalized spacial score (nSPS) is 9.13. The van der Waals surface area contributed by atoms with E-state index in [2.05, 4.69) is 4.84 Å². The molecule has 0 aliphatic rings. The number of Topliss-reactive ketones (excluding diaryl/α,β-unsaturated/α-hetero) is 1. The van der Waals surface area contributed by atoms with Gasteiger partial charge in [0.25, 0.3) is 5.78 Å². The average molecular weight is 207 g/mol. The number of carbonyl (C=O) groups excluding carboxylic acids is 3. The van der Waals surface area contributed by atoms with Crippen LogP contribution in [0, 0.1) is 0 Å². The second-order valence-corrected chi connectivity index (χ2v) is 2.74. The quantitative estimate of drug-likeness (QED) is 0.434. The maximum Gasteiger partial charge on any atom is 0.403 e. The van der Waals surface area contributed by atoms with Crippen molar-refractivity contribution in [3.63, 3.8) is 0 Å². The Bertz CT molecular complexity index is 386. The maximum absolute atomic E-state index is 11.3. The fourth-order valence-electron chi connectivity index (χ4n) is 0.872. The summed E-state index contributed by atoms with van der Waals surface area (Å²) in [6.45, 7) is 1.17. The molecule has 0 bridgehead atoms. The van der Waals surface area contributed by atoms with Gasteiger partial charge in [0.15, 0.2) is 0 Å². The van der Waals surface area contributed by atoms with Crippen LogP contribution < -0.4 is 5.48 Å². The van der Waals surface area contributed by atoms with Gasteiger partial charge in [-0.1, -0.05) is 30.3 Å². The molecule has 5 nitrogen and oxygen atoms in total. The van der Waals surface area contributed by atoms with Crippen LogP contribution in [0.3, 0.4) is 0 Å². The van der Waals surface area contributed by atoms with E-state index in [1.54, 1.807) is 23.7 Å². The Morgan fingerprint density at radius 3 is 2.27 bits per heavy atom. The lowest BCUT2D eigenvalue weighted by atomic mass is 10.1. The van der Waals surface area contributed by atoms with Gasteiger partial charge in [0.2, 0.25) is 5.91 Å². The molecule has 0 aromatic heterocycles. The van der Waals surface area contributed by atoms with E-state index in [1.165, 1.54) is 19.1 Å². The van der Waals surface area contributed by atoms with E-state index in [0.29, 0.717) is 0 Å². The molecule has 0 aliphatic heterocycles. The van der Waals surface area contributed by atoms with Gasteiger partial charge in [0.05, 0.1) is 0 Å². The predicted octanol–water partition coefficient (Wildman–Crippen LogP) is 0.464.